The van der Waals surface area contributed by atoms with Crippen molar-refractivity contribution in [3.8, 4) is 5.75 Å². The van der Waals surface area contributed by atoms with E-state index in [-0.39, 0.29) is 5.69 Å². The molecule has 4 heteroatoms. The van der Waals surface area contributed by atoms with E-state index in [0.717, 1.165) is 0 Å². The van der Waals surface area contributed by atoms with Gasteiger partial charge < -0.3 is 4.74 Å². The Kier molecular flexibility index (Phi) is 2.84. The van der Waals surface area contributed by atoms with Gasteiger partial charge in [-0.1, -0.05) is 18.4 Å². The molecule has 0 aliphatic heterocycles. The zero-order chi connectivity index (χ0) is 9.68. The van der Waals surface area contributed by atoms with Crippen LogP contribution in [-0.4, -0.2) is 4.92 Å². The van der Waals surface area contributed by atoms with Gasteiger partial charge in [-0.25, -0.2) is 0 Å². The highest BCUT2D eigenvalue weighted by atomic mass is 16.6. The minimum atomic E-state index is -0.482. The predicted molar refractivity (Wildman–Crippen MR) is 47.4 cm³/mol. The van der Waals surface area contributed by atoms with Crippen molar-refractivity contribution in [2.75, 3.05) is 0 Å². The molecule has 0 spiro atoms. The molecule has 1 aromatic rings. The van der Waals surface area contributed by atoms with Gasteiger partial charge >= 0.3 is 0 Å². The molecule has 13 heavy (non-hydrogen) atoms. The average Bonchev–Trinajstić information content (AvgIpc) is 2.15. The summed E-state index contributed by atoms with van der Waals surface area (Å²) in [6.45, 7) is 3.29. The molecule has 0 unspecified atom stereocenters. The van der Waals surface area contributed by atoms with Crippen molar-refractivity contribution in [1.29, 1.82) is 0 Å². The lowest BCUT2D eigenvalue weighted by Gasteiger charge is -1.97. The van der Waals surface area contributed by atoms with Crippen LogP contribution < -0.4 is 4.74 Å². The Hall–Kier alpha value is -2.06. The molecule has 0 N–H and O–H groups in total. The Balaban J connectivity index is 2.91. The third-order valence-electron chi connectivity index (χ3n) is 1.31. The van der Waals surface area contributed by atoms with Crippen LogP contribution in [0.1, 0.15) is 0 Å². The number of nitro groups is 1. The quantitative estimate of drug-likeness (QED) is 0.308. The minimum Gasteiger partial charge on any atom is -0.457 e. The van der Waals surface area contributed by atoms with E-state index in [2.05, 4.69) is 12.3 Å². The fourth-order valence-electron chi connectivity index (χ4n) is 0.780. The summed E-state index contributed by atoms with van der Waals surface area (Å²) in [7, 11) is 0. The Morgan fingerprint density at radius 3 is 3.00 bits per heavy atom. The highest BCUT2D eigenvalue weighted by Crippen LogP contribution is 2.18. The normalized spacial score (nSPS) is 8.62. The highest BCUT2D eigenvalue weighted by Gasteiger charge is 2.04. The van der Waals surface area contributed by atoms with Gasteiger partial charge in [0.05, 0.1) is 11.0 Å². The van der Waals surface area contributed by atoms with Gasteiger partial charge in [0.25, 0.3) is 5.69 Å². The van der Waals surface area contributed by atoms with E-state index in [4.69, 9.17) is 4.74 Å². The van der Waals surface area contributed by atoms with Crippen LogP contribution in [-0.2, 0) is 0 Å². The zero-order valence-electron chi connectivity index (χ0n) is 6.77. The molecule has 0 saturated heterocycles. The van der Waals surface area contributed by atoms with Gasteiger partial charge in [-0.05, 0) is 6.07 Å². The lowest BCUT2D eigenvalue weighted by molar-refractivity contribution is -0.384. The molecule has 0 aromatic heterocycles. The first-order chi connectivity index (χ1) is 6.24. The van der Waals surface area contributed by atoms with Gasteiger partial charge in [-0.2, -0.15) is 0 Å². The minimum absolute atomic E-state index is 0.00466. The number of hydrogen-bond acceptors (Lipinski definition) is 3. The van der Waals surface area contributed by atoms with Gasteiger partial charge in [-0.15, -0.1) is 0 Å². The summed E-state index contributed by atoms with van der Waals surface area (Å²) < 4.78 is 4.94. The van der Waals surface area contributed by atoms with E-state index in [1.165, 1.54) is 18.4 Å². The summed E-state index contributed by atoms with van der Waals surface area (Å²) in [4.78, 5) is 9.86. The maximum absolute atomic E-state index is 10.3. The van der Waals surface area contributed by atoms with E-state index in [1.807, 2.05) is 0 Å². The molecule has 0 bridgehead atoms. The molecular formula is C9H7NO3. The number of rotatable bonds is 3. The standard InChI is InChI=1S/C9H7NO3/c1-2-6-13-9-5-3-4-8(7-9)10(11)12/h3-7H,1H2. The smallest absolute Gasteiger partial charge is 0.273 e. The average molecular weight is 177 g/mol. The van der Waals surface area contributed by atoms with Crippen molar-refractivity contribution in [3.05, 3.63) is 53.0 Å². The van der Waals surface area contributed by atoms with E-state index >= 15 is 0 Å². The van der Waals surface area contributed by atoms with Crippen LogP contribution in [0.4, 0.5) is 5.69 Å². The molecular weight excluding hydrogens is 170 g/mol. The van der Waals surface area contributed by atoms with Crippen molar-refractivity contribution < 1.29 is 9.66 Å². The first-order valence-corrected chi connectivity index (χ1v) is 3.49. The third-order valence-corrected chi connectivity index (χ3v) is 1.31. The number of nitro benzene ring substituents is 1. The summed E-state index contributed by atoms with van der Waals surface area (Å²) in [5.41, 5.74) is 2.39. The summed E-state index contributed by atoms with van der Waals surface area (Å²) in [6, 6.07) is 5.88. The molecule has 0 aliphatic rings. The number of ether oxygens (including phenoxy) is 1. The molecule has 0 fully saturated rings. The van der Waals surface area contributed by atoms with Crippen LogP contribution in [0, 0.1) is 10.1 Å². The molecule has 1 rings (SSSR count). The maximum atomic E-state index is 10.3. The molecule has 0 radical (unpaired) electrons. The van der Waals surface area contributed by atoms with Gasteiger partial charge in [-0.3, -0.25) is 10.1 Å². The summed E-state index contributed by atoms with van der Waals surface area (Å²) in [6.07, 6.45) is 1.24. The van der Waals surface area contributed by atoms with Crippen LogP contribution in [0.3, 0.4) is 0 Å². The Morgan fingerprint density at radius 1 is 1.62 bits per heavy atom. The Bertz CT molecular complexity index is 367. The van der Waals surface area contributed by atoms with Crippen molar-refractivity contribution in [2.45, 2.75) is 0 Å². The van der Waals surface area contributed by atoms with E-state index in [9.17, 15) is 10.1 Å². The molecule has 66 valence electrons. The highest BCUT2D eigenvalue weighted by molar-refractivity contribution is 5.38. The fraction of sp³-hybridized carbons (Fsp3) is 0. The number of hydrogen-bond donors (Lipinski definition) is 0. The van der Waals surface area contributed by atoms with Crippen LogP contribution in [0.15, 0.2) is 42.8 Å². The first kappa shape index (κ1) is 9.03. The largest absolute Gasteiger partial charge is 0.457 e. The summed E-state index contributed by atoms with van der Waals surface area (Å²) >= 11 is 0. The van der Waals surface area contributed by atoms with Gasteiger partial charge in [0.15, 0.2) is 0 Å². The lowest BCUT2D eigenvalue weighted by Crippen LogP contribution is -1.88. The Labute approximate surface area is 74.9 Å². The second kappa shape index (κ2) is 4.09. The van der Waals surface area contributed by atoms with Crippen molar-refractivity contribution in [3.63, 3.8) is 0 Å². The number of nitrogens with zero attached hydrogens (tertiary/aromatic N) is 1. The molecule has 4 nitrogen and oxygen atoms in total. The lowest BCUT2D eigenvalue weighted by atomic mass is 10.3. The molecule has 1 aromatic carbocycles. The van der Waals surface area contributed by atoms with Crippen LogP contribution in [0.2, 0.25) is 0 Å². The second-order valence-corrected chi connectivity index (χ2v) is 2.19. The number of non-ortho nitro benzene ring substituents is 1. The van der Waals surface area contributed by atoms with Crippen molar-refractivity contribution in [2.24, 2.45) is 0 Å². The predicted octanol–water partition coefficient (Wildman–Crippen LogP) is 2.27. The topological polar surface area (TPSA) is 52.4 Å². The number of benzene rings is 1. The molecule has 0 heterocycles. The van der Waals surface area contributed by atoms with Gasteiger partial charge in [0.2, 0.25) is 0 Å². The molecule has 0 aliphatic carbocycles. The SMILES string of the molecule is C=C=COc1cccc([N+](=O)[O-])c1. The van der Waals surface area contributed by atoms with Crippen molar-refractivity contribution in [1.82, 2.24) is 0 Å². The molecule has 0 saturated carbocycles. The van der Waals surface area contributed by atoms with E-state index in [0.29, 0.717) is 5.75 Å². The second-order valence-electron chi connectivity index (χ2n) is 2.19. The van der Waals surface area contributed by atoms with E-state index < -0.39 is 4.92 Å². The summed E-state index contributed by atoms with van der Waals surface area (Å²) in [5, 5.41) is 10.3. The fourth-order valence-corrected chi connectivity index (χ4v) is 0.780. The maximum Gasteiger partial charge on any atom is 0.273 e. The van der Waals surface area contributed by atoms with Crippen LogP contribution >= 0.6 is 0 Å². The van der Waals surface area contributed by atoms with Crippen LogP contribution in [0.5, 0.6) is 5.75 Å². The van der Waals surface area contributed by atoms with Gasteiger partial charge in [0.1, 0.15) is 12.0 Å². The first-order valence-electron chi connectivity index (χ1n) is 3.49. The van der Waals surface area contributed by atoms with Gasteiger partial charge in [0, 0.05) is 6.07 Å². The molecule has 0 amide bonds. The zero-order valence-corrected chi connectivity index (χ0v) is 6.77. The van der Waals surface area contributed by atoms with E-state index in [1.54, 1.807) is 12.1 Å². The monoisotopic (exact) mass is 177 g/mol. The van der Waals surface area contributed by atoms with Crippen molar-refractivity contribution >= 4 is 5.69 Å². The Morgan fingerprint density at radius 2 is 2.38 bits per heavy atom. The summed E-state index contributed by atoms with van der Waals surface area (Å²) in [5.74, 6) is 0.394. The molecule has 0 atom stereocenters. The third kappa shape index (κ3) is 2.47. The van der Waals surface area contributed by atoms with Crippen LogP contribution in [0.25, 0.3) is 0 Å².